The van der Waals surface area contributed by atoms with E-state index < -0.39 is 0 Å². The van der Waals surface area contributed by atoms with Gasteiger partial charge in [-0.1, -0.05) is 37.3 Å². The van der Waals surface area contributed by atoms with Crippen LogP contribution in [0.2, 0.25) is 0 Å². The molecule has 2 heterocycles. The maximum Gasteiger partial charge on any atom is 0.191 e. The summed E-state index contributed by atoms with van der Waals surface area (Å²) in [5.41, 5.74) is 2.58. The number of aliphatic imine (C=N–C) groups is 1. The van der Waals surface area contributed by atoms with Crippen molar-refractivity contribution in [3.8, 4) is 0 Å². The van der Waals surface area contributed by atoms with Crippen LogP contribution in [0, 0.1) is 5.92 Å². The smallest absolute Gasteiger partial charge is 0.191 e. The molecule has 1 saturated heterocycles. The molecule has 7 heteroatoms. The van der Waals surface area contributed by atoms with Crippen molar-refractivity contribution in [2.24, 2.45) is 10.9 Å². The predicted octanol–water partition coefficient (Wildman–Crippen LogP) is 3.87. The van der Waals surface area contributed by atoms with Gasteiger partial charge in [-0.3, -0.25) is 9.89 Å². The number of guanidine groups is 1. The fraction of sp³-hybridized carbons (Fsp3) is 0.522. The zero-order valence-electron chi connectivity index (χ0n) is 18.0. The van der Waals surface area contributed by atoms with Crippen LogP contribution in [-0.4, -0.2) is 48.8 Å². The first-order valence-corrected chi connectivity index (χ1v) is 11.5. The van der Waals surface area contributed by atoms with E-state index in [0.717, 1.165) is 57.9 Å². The summed E-state index contributed by atoms with van der Waals surface area (Å²) in [7, 11) is 1.82. The van der Waals surface area contributed by atoms with Crippen molar-refractivity contribution in [2.45, 2.75) is 45.4 Å². The number of nitrogens with one attached hydrogen (secondary N) is 2. The summed E-state index contributed by atoms with van der Waals surface area (Å²) in [4.78, 5) is 8.20. The van der Waals surface area contributed by atoms with Gasteiger partial charge in [0.1, 0.15) is 0 Å². The van der Waals surface area contributed by atoms with Crippen molar-refractivity contribution in [1.29, 1.82) is 0 Å². The summed E-state index contributed by atoms with van der Waals surface area (Å²) in [6, 6.07) is 13.1. The summed E-state index contributed by atoms with van der Waals surface area (Å²) in [6.45, 7) is 6.86. The van der Waals surface area contributed by atoms with E-state index in [1.807, 2.05) is 18.4 Å². The van der Waals surface area contributed by atoms with Crippen LogP contribution in [0.1, 0.15) is 35.8 Å². The summed E-state index contributed by atoms with van der Waals surface area (Å²) >= 11 is 1.82. The van der Waals surface area contributed by atoms with Gasteiger partial charge >= 0.3 is 0 Å². The molecule has 1 aliphatic heterocycles. The lowest BCUT2D eigenvalue weighted by Gasteiger charge is -2.29. The number of aliphatic hydroxyl groups is 1. The number of rotatable bonds is 8. The Labute approximate surface area is 202 Å². The number of hydrogen-bond donors (Lipinski definition) is 3. The van der Waals surface area contributed by atoms with Crippen molar-refractivity contribution < 1.29 is 5.11 Å². The van der Waals surface area contributed by atoms with Gasteiger partial charge in [0.05, 0.1) is 6.10 Å². The second kappa shape index (κ2) is 13.3. The van der Waals surface area contributed by atoms with E-state index in [4.69, 9.17) is 0 Å². The zero-order valence-corrected chi connectivity index (χ0v) is 21.2. The van der Waals surface area contributed by atoms with Crippen molar-refractivity contribution >= 4 is 41.3 Å². The third kappa shape index (κ3) is 8.53. The van der Waals surface area contributed by atoms with Crippen molar-refractivity contribution in [2.75, 3.05) is 26.7 Å². The second-order valence-electron chi connectivity index (χ2n) is 8.02. The fourth-order valence-corrected chi connectivity index (χ4v) is 4.49. The first-order chi connectivity index (χ1) is 14.1. The van der Waals surface area contributed by atoms with E-state index >= 15 is 0 Å². The molecule has 1 aromatic carbocycles. The maximum absolute atomic E-state index is 9.63. The Balaban J connectivity index is 0.00000320. The molecule has 1 atom stereocenters. The highest BCUT2D eigenvalue weighted by atomic mass is 127. The highest BCUT2D eigenvalue weighted by molar-refractivity contribution is 14.0. The molecule has 1 aromatic heterocycles. The van der Waals surface area contributed by atoms with Crippen LogP contribution in [0.3, 0.4) is 0 Å². The highest BCUT2D eigenvalue weighted by Gasteiger charge is 2.16. The summed E-state index contributed by atoms with van der Waals surface area (Å²) in [5.74, 6) is 1.40. The fourth-order valence-electron chi connectivity index (χ4n) is 3.62. The largest absolute Gasteiger partial charge is 0.393 e. The Morgan fingerprint density at radius 2 is 1.87 bits per heavy atom. The Morgan fingerprint density at radius 1 is 1.17 bits per heavy atom. The van der Waals surface area contributed by atoms with Crippen molar-refractivity contribution in [3.05, 3.63) is 57.8 Å². The summed E-state index contributed by atoms with van der Waals surface area (Å²) in [6.07, 6.45) is 2.76. The number of nitrogens with zero attached hydrogens (tertiary/aromatic N) is 2. The van der Waals surface area contributed by atoms with Crippen LogP contribution in [0.4, 0.5) is 0 Å². The van der Waals surface area contributed by atoms with E-state index in [0.29, 0.717) is 5.92 Å². The lowest BCUT2D eigenvalue weighted by Crippen LogP contribution is -2.39. The molecule has 3 rings (SSSR count). The third-order valence-corrected chi connectivity index (χ3v) is 6.32. The van der Waals surface area contributed by atoms with Crippen LogP contribution in [-0.2, 0) is 19.5 Å². The van der Waals surface area contributed by atoms with E-state index in [1.165, 1.54) is 16.0 Å². The Morgan fingerprint density at radius 3 is 2.50 bits per heavy atom. The van der Waals surface area contributed by atoms with Gasteiger partial charge in [-0.25, -0.2) is 0 Å². The van der Waals surface area contributed by atoms with Gasteiger partial charge in [-0.05, 0) is 47.8 Å². The van der Waals surface area contributed by atoms with Crippen molar-refractivity contribution in [3.63, 3.8) is 0 Å². The Kier molecular flexibility index (Phi) is 11.1. The number of halogens is 1. The number of piperidine rings is 1. The minimum Gasteiger partial charge on any atom is -0.393 e. The van der Waals surface area contributed by atoms with Gasteiger partial charge in [-0.15, -0.1) is 35.3 Å². The average molecular weight is 543 g/mol. The van der Waals surface area contributed by atoms with Crippen LogP contribution in [0.15, 0.2) is 46.8 Å². The SMILES string of the molecule is CN=C(NCc1ccc(CN2CCC(O)CC2)cc1)NCC(C)Cc1cccs1.I. The minimum atomic E-state index is -0.110. The maximum atomic E-state index is 9.63. The quantitative estimate of drug-likeness (QED) is 0.270. The molecule has 1 unspecified atom stereocenters. The second-order valence-corrected chi connectivity index (χ2v) is 9.05. The predicted molar refractivity (Wildman–Crippen MR) is 138 cm³/mol. The average Bonchev–Trinajstić information content (AvgIpc) is 3.24. The standard InChI is InChI=1S/C23H34N4OS.HI/c1-18(14-22-4-3-13-29-22)15-25-23(24-2)26-16-19-5-7-20(8-6-19)17-27-11-9-21(28)10-12-27;/h3-8,13,18,21,28H,9-12,14-17H2,1-2H3,(H2,24,25,26);1H. The molecule has 5 nitrogen and oxygen atoms in total. The van der Waals surface area contributed by atoms with E-state index in [9.17, 15) is 5.11 Å². The molecule has 3 N–H and O–H groups in total. The molecule has 0 spiro atoms. The molecule has 0 radical (unpaired) electrons. The molecule has 166 valence electrons. The normalized spacial score (nSPS) is 16.7. The van der Waals surface area contributed by atoms with Gasteiger partial charge in [0.2, 0.25) is 0 Å². The first-order valence-electron chi connectivity index (χ1n) is 10.6. The molecule has 1 aliphatic rings. The van der Waals surface area contributed by atoms with Gasteiger partial charge < -0.3 is 15.7 Å². The number of benzene rings is 1. The number of thiophene rings is 1. The summed E-state index contributed by atoms with van der Waals surface area (Å²) < 4.78 is 0. The van der Waals surface area contributed by atoms with Gasteiger partial charge in [-0.2, -0.15) is 0 Å². The van der Waals surface area contributed by atoms with Crippen LogP contribution >= 0.6 is 35.3 Å². The van der Waals surface area contributed by atoms with Gasteiger partial charge in [0.25, 0.3) is 0 Å². The van der Waals surface area contributed by atoms with Crippen LogP contribution in [0.5, 0.6) is 0 Å². The molecule has 0 bridgehead atoms. The molecule has 0 saturated carbocycles. The first kappa shape index (κ1) is 25.1. The molecule has 0 aliphatic carbocycles. The van der Waals surface area contributed by atoms with E-state index in [1.54, 1.807) is 0 Å². The highest BCUT2D eigenvalue weighted by Crippen LogP contribution is 2.15. The Hall–Kier alpha value is -1.16. The van der Waals surface area contributed by atoms with E-state index in [-0.39, 0.29) is 30.1 Å². The topological polar surface area (TPSA) is 59.9 Å². The zero-order chi connectivity index (χ0) is 20.5. The van der Waals surface area contributed by atoms with Gasteiger partial charge in [0.15, 0.2) is 5.96 Å². The molecular formula is C23H35IN4OS. The number of hydrogen-bond acceptors (Lipinski definition) is 4. The molecular weight excluding hydrogens is 507 g/mol. The lowest BCUT2D eigenvalue weighted by atomic mass is 10.1. The molecule has 1 fully saturated rings. The Bertz CT molecular complexity index is 743. The molecule has 30 heavy (non-hydrogen) atoms. The van der Waals surface area contributed by atoms with Crippen LogP contribution < -0.4 is 10.6 Å². The van der Waals surface area contributed by atoms with Crippen molar-refractivity contribution in [1.82, 2.24) is 15.5 Å². The monoisotopic (exact) mass is 542 g/mol. The number of likely N-dealkylation sites (tertiary alicyclic amines) is 1. The van der Waals surface area contributed by atoms with E-state index in [2.05, 4.69) is 69.2 Å². The molecule has 2 aromatic rings. The van der Waals surface area contributed by atoms with Crippen LogP contribution in [0.25, 0.3) is 0 Å². The number of aliphatic hydroxyl groups excluding tert-OH is 1. The summed E-state index contributed by atoms with van der Waals surface area (Å²) in [5, 5.41) is 18.6. The third-order valence-electron chi connectivity index (χ3n) is 5.42. The lowest BCUT2D eigenvalue weighted by molar-refractivity contribution is 0.0792. The van der Waals surface area contributed by atoms with Gasteiger partial charge in [0, 0.05) is 44.6 Å². The minimum absolute atomic E-state index is 0. The molecule has 0 amide bonds.